The van der Waals surface area contributed by atoms with Gasteiger partial charge in [-0.1, -0.05) is 49.0 Å². The maximum Gasteiger partial charge on any atom is 0.240 e. The second kappa shape index (κ2) is 7.63. The molecule has 144 valence electrons. The third-order valence-electron chi connectivity index (χ3n) is 4.71. The van der Waals surface area contributed by atoms with Crippen LogP contribution in [0.15, 0.2) is 53.7 Å². The van der Waals surface area contributed by atoms with Crippen molar-refractivity contribution in [3.63, 3.8) is 0 Å². The molecule has 2 atom stereocenters. The van der Waals surface area contributed by atoms with Gasteiger partial charge in [0.2, 0.25) is 11.1 Å². The van der Waals surface area contributed by atoms with E-state index in [0.29, 0.717) is 11.6 Å². The monoisotopic (exact) mass is 397 g/mol. The highest BCUT2D eigenvalue weighted by Crippen LogP contribution is 2.37. The summed E-state index contributed by atoms with van der Waals surface area (Å²) in [6, 6.07) is 13.5. The van der Waals surface area contributed by atoms with Crippen LogP contribution in [0.3, 0.4) is 0 Å². The van der Waals surface area contributed by atoms with Crippen molar-refractivity contribution in [2.75, 3.05) is 10.7 Å². The van der Waals surface area contributed by atoms with Gasteiger partial charge in [0.1, 0.15) is 11.1 Å². The molecule has 3 aromatic rings. The first-order valence-electron chi connectivity index (χ1n) is 9.06. The number of anilines is 1. The van der Waals surface area contributed by atoms with Crippen LogP contribution in [0.4, 0.5) is 10.1 Å². The van der Waals surface area contributed by atoms with E-state index in [9.17, 15) is 9.18 Å². The molecule has 1 aromatic heterocycles. The summed E-state index contributed by atoms with van der Waals surface area (Å²) < 4.78 is 15.2. The van der Waals surface area contributed by atoms with Gasteiger partial charge in [-0.15, -0.1) is 10.2 Å². The highest BCUT2D eigenvalue weighted by Gasteiger charge is 2.37. The molecule has 0 spiro atoms. The summed E-state index contributed by atoms with van der Waals surface area (Å²) >= 11 is 1.35. The van der Waals surface area contributed by atoms with Gasteiger partial charge in [-0.05, 0) is 36.2 Å². The molecular weight excluding hydrogens is 377 g/mol. The van der Waals surface area contributed by atoms with Crippen LogP contribution in [0.5, 0.6) is 0 Å². The van der Waals surface area contributed by atoms with Crippen molar-refractivity contribution in [1.82, 2.24) is 14.9 Å². The van der Waals surface area contributed by atoms with Crippen molar-refractivity contribution in [2.45, 2.75) is 36.7 Å². The first-order chi connectivity index (χ1) is 13.6. The van der Waals surface area contributed by atoms with Gasteiger partial charge in [0.05, 0.1) is 6.04 Å². The lowest BCUT2D eigenvalue weighted by atomic mass is 10.0. The molecule has 28 heavy (non-hydrogen) atoms. The molecule has 0 fully saturated rings. The lowest BCUT2D eigenvalue weighted by Gasteiger charge is -2.33. The topological polar surface area (TPSA) is 71.8 Å². The third-order valence-corrected chi connectivity index (χ3v) is 5.93. The Hall–Kier alpha value is -2.87. The lowest BCUT2D eigenvalue weighted by Crippen LogP contribution is -2.41. The normalized spacial score (nSPS) is 18.2. The van der Waals surface area contributed by atoms with E-state index in [1.165, 1.54) is 23.9 Å². The molecule has 6 nitrogen and oxygen atoms in total. The molecule has 0 saturated carbocycles. The summed E-state index contributed by atoms with van der Waals surface area (Å²) in [6.45, 7) is 3.94. The van der Waals surface area contributed by atoms with E-state index >= 15 is 0 Å². The maximum atomic E-state index is 13.4. The van der Waals surface area contributed by atoms with E-state index < -0.39 is 5.25 Å². The Morgan fingerprint density at radius 2 is 1.96 bits per heavy atom. The summed E-state index contributed by atoms with van der Waals surface area (Å²) in [5, 5.41) is 11.5. The van der Waals surface area contributed by atoms with Crippen molar-refractivity contribution < 1.29 is 9.18 Å². The van der Waals surface area contributed by atoms with Crippen molar-refractivity contribution in [3.05, 3.63) is 71.3 Å². The Kier molecular flexibility index (Phi) is 5.04. The van der Waals surface area contributed by atoms with Gasteiger partial charge in [0.15, 0.2) is 5.82 Å². The number of thioether (sulfide) groups is 1. The molecule has 0 aliphatic carbocycles. The molecule has 1 aliphatic heterocycles. The minimum Gasteiger partial charge on any atom is -0.325 e. The molecule has 1 amide bonds. The Bertz CT molecular complexity index is 1000. The largest absolute Gasteiger partial charge is 0.325 e. The maximum absolute atomic E-state index is 13.4. The molecule has 2 aromatic carbocycles. The molecule has 2 heterocycles. The number of aromatic nitrogens is 3. The van der Waals surface area contributed by atoms with Gasteiger partial charge in [0, 0.05) is 12.1 Å². The van der Waals surface area contributed by atoms with Gasteiger partial charge < -0.3 is 10.7 Å². The van der Waals surface area contributed by atoms with E-state index in [1.807, 2.05) is 42.8 Å². The fourth-order valence-electron chi connectivity index (χ4n) is 3.16. The Labute approximate surface area is 166 Å². The van der Waals surface area contributed by atoms with Crippen molar-refractivity contribution >= 4 is 23.4 Å². The molecular formula is C20H20FN5OS. The van der Waals surface area contributed by atoms with Crippen LogP contribution in [-0.2, 0) is 11.2 Å². The second-order valence-corrected chi connectivity index (χ2v) is 7.70. The molecule has 0 radical (unpaired) electrons. The number of para-hydroxylation sites is 1. The minimum atomic E-state index is -0.494. The van der Waals surface area contributed by atoms with Crippen molar-refractivity contribution in [3.8, 4) is 0 Å². The number of fused-ring (bicyclic) bond motifs is 1. The quantitative estimate of drug-likeness (QED) is 0.703. The number of carbonyl (C=O) groups excluding carboxylic acids is 1. The first-order valence-corrected chi connectivity index (χ1v) is 9.94. The molecule has 4 rings (SSSR count). The van der Waals surface area contributed by atoms with E-state index in [0.717, 1.165) is 22.6 Å². The average Bonchev–Trinajstić information content (AvgIpc) is 3.11. The lowest BCUT2D eigenvalue weighted by molar-refractivity contribution is -0.116. The van der Waals surface area contributed by atoms with Crippen LogP contribution in [0.1, 0.15) is 29.9 Å². The Morgan fingerprint density at radius 3 is 2.68 bits per heavy atom. The molecule has 0 unspecified atom stereocenters. The number of nitrogens with zero attached hydrogens (tertiary/aromatic N) is 3. The zero-order chi connectivity index (χ0) is 19.7. The Morgan fingerprint density at radius 1 is 1.21 bits per heavy atom. The third kappa shape index (κ3) is 3.47. The van der Waals surface area contributed by atoms with Gasteiger partial charge in [-0.3, -0.25) is 4.79 Å². The SMILES string of the molecule is CCc1nnc2n1N[C@H](c1ccc(F)cc1)[C@H](C(=O)Nc1ccccc1C)S2. The van der Waals surface area contributed by atoms with Gasteiger partial charge in [-0.2, -0.15) is 0 Å². The number of hydrogen-bond acceptors (Lipinski definition) is 5. The fourth-order valence-corrected chi connectivity index (χ4v) is 4.26. The van der Waals surface area contributed by atoms with Crippen LogP contribution in [0, 0.1) is 12.7 Å². The van der Waals surface area contributed by atoms with E-state index in [2.05, 4.69) is 20.9 Å². The highest BCUT2D eigenvalue weighted by molar-refractivity contribution is 8.00. The van der Waals surface area contributed by atoms with Gasteiger partial charge in [0.25, 0.3) is 0 Å². The zero-order valence-corrected chi connectivity index (χ0v) is 16.3. The number of nitrogens with one attached hydrogen (secondary N) is 2. The second-order valence-electron chi connectivity index (χ2n) is 6.59. The molecule has 1 aliphatic rings. The first kappa shape index (κ1) is 18.5. The number of halogens is 1. The summed E-state index contributed by atoms with van der Waals surface area (Å²) in [7, 11) is 0. The molecule has 0 bridgehead atoms. The van der Waals surface area contributed by atoms with E-state index in [1.54, 1.807) is 12.1 Å². The van der Waals surface area contributed by atoms with Gasteiger partial charge in [-0.25, -0.2) is 9.07 Å². The number of amides is 1. The summed E-state index contributed by atoms with van der Waals surface area (Å²) in [5.74, 6) is 0.327. The van der Waals surface area contributed by atoms with Crippen LogP contribution >= 0.6 is 11.8 Å². The smallest absolute Gasteiger partial charge is 0.240 e. The van der Waals surface area contributed by atoms with E-state index in [-0.39, 0.29) is 17.8 Å². The average molecular weight is 397 g/mol. The summed E-state index contributed by atoms with van der Waals surface area (Å²) in [5.41, 5.74) is 5.93. The number of hydrogen-bond donors (Lipinski definition) is 2. The zero-order valence-electron chi connectivity index (χ0n) is 15.5. The van der Waals surface area contributed by atoms with Crippen LogP contribution < -0.4 is 10.7 Å². The van der Waals surface area contributed by atoms with Crippen molar-refractivity contribution in [2.24, 2.45) is 0 Å². The highest BCUT2D eigenvalue weighted by atomic mass is 32.2. The van der Waals surface area contributed by atoms with E-state index in [4.69, 9.17) is 0 Å². The predicted octanol–water partition coefficient (Wildman–Crippen LogP) is 3.69. The summed E-state index contributed by atoms with van der Waals surface area (Å²) in [4.78, 5) is 13.2. The van der Waals surface area contributed by atoms with Crippen LogP contribution in [0.25, 0.3) is 0 Å². The van der Waals surface area contributed by atoms with Crippen LogP contribution in [-0.4, -0.2) is 26.0 Å². The van der Waals surface area contributed by atoms with Gasteiger partial charge >= 0.3 is 0 Å². The fraction of sp³-hybridized carbons (Fsp3) is 0.250. The predicted molar refractivity (Wildman–Crippen MR) is 107 cm³/mol. The Balaban J connectivity index is 1.68. The number of rotatable bonds is 4. The standard InChI is InChI=1S/C20H20FN5OS/c1-3-16-23-24-20-26(16)25-17(13-8-10-14(21)11-9-13)18(28-20)19(27)22-15-7-5-4-6-12(15)2/h4-11,17-18,25H,3H2,1-2H3,(H,22,27)/t17-,18-/m1/s1. The molecule has 2 N–H and O–H groups in total. The molecule has 0 saturated heterocycles. The van der Waals surface area contributed by atoms with Crippen LogP contribution in [0.2, 0.25) is 0 Å². The number of carbonyl (C=O) groups is 1. The number of benzene rings is 2. The minimum absolute atomic E-state index is 0.145. The number of aryl methyl sites for hydroxylation is 2. The molecule has 8 heteroatoms. The van der Waals surface area contributed by atoms with Crippen molar-refractivity contribution in [1.29, 1.82) is 0 Å². The summed E-state index contributed by atoms with van der Waals surface area (Å²) in [6.07, 6.45) is 0.705.